The molecule has 0 N–H and O–H groups in total. The first-order chi connectivity index (χ1) is 16.0. The van der Waals surface area contributed by atoms with Crippen LogP contribution in [0.1, 0.15) is 5.56 Å². The minimum atomic E-state index is -2.19. The fourth-order valence-electron chi connectivity index (χ4n) is 3.78. The number of hydrogen-bond acceptors (Lipinski definition) is 5. The van der Waals surface area contributed by atoms with Crippen LogP contribution in [0, 0.1) is 5.82 Å². The van der Waals surface area contributed by atoms with Gasteiger partial charge in [0.2, 0.25) is 0 Å². The van der Waals surface area contributed by atoms with Crippen molar-refractivity contribution in [2.75, 3.05) is 0 Å². The van der Waals surface area contributed by atoms with Gasteiger partial charge in [-0.05, 0) is 34.9 Å². The van der Waals surface area contributed by atoms with E-state index in [1.54, 1.807) is 42.6 Å². The molecule has 5 aromatic rings. The normalized spacial score (nSPS) is 12.2. The lowest BCUT2D eigenvalue weighted by molar-refractivity contribution is 0.536. The summed E-state index contributed by atoms with van der Waals surface area (Å²) in [5.74, 6) is -0.482. The van der Waals surface area contributed by atoms with Crippen molar-refractivity contribution >= 4 is 32.5 Å². The summed E-state index contributed by atoms with van der Waals surface area (Å²) in [7, 11) is 0. The number of halogens is 1. The van der Waals surface area contributed by atoms with Crippen LogP contribution < -0.4 is 5.56 Å². The van der Waals surface area contributed by atoms with Crippen LogP contribution in [-0.4, -0.2) is 18.5 Å². The number of hydrogen-bond donors (Lipinski definition) is 0. The maximum atomic E-state index is 13.7. The number of aromatic nitrogens is 2. The standard InChI is InChI=1S/C25H17FN2O3S2/c26-19-11-9-18(10-12-19)24-21(17-7-5-16(6-8-17)15-33(30)31)13-27-28(25(24)29)22-14-32-23-4-2-1-3-20(22)23/h1-14H,15H2,(H,30,31)/p-1. The van der Waals surface area contributed by atoms with Crippen LogP contribution in [0.5, 0.6) is 0 Å². The Bertz CT molecular complexity index is 1540. The van der Waals surface area contributed by atoms with Gasteiger partial charge < -0.3 is 4.55 Å². The molecular formula is C25H16FN2O3S2-. The summed E-state index contributed by atoms with van der Waals surface area (Å²) in [4.78, 5) is 13.7. The molecule has 164 valence electrons. The van der Waals surface area contributed by atoms with Crippen LogP contribution >= 0.6 is 11.3 Å². The zero-order chi connectivity index (χ0) is 22.9. The van der Waals surface area contributed by atoms with Crippen molar-refractivity contribution in [2.24, 2.45) is 0 Å². The van der Waals surface area contributed by atoms with Crippen molar-refractivity contribution in [1.29, 1.82) is 0 Å². The molecule has 33 heavy (non-hydrogen) atoms. The third-order valence-electron chi connectivity index (χ3n) is 5.35. The van der Waals surface area contributed by atoms with Gasteiger partial charge in [0.15, 0.2) is 0 Å². The van der Waals surface area contributed by atoms with Crippen LogP contribution in [0.25, 0.3) is 38.0 Å². The molecule has 5 rings (SSSR count). The van der Waals surface area contributed by atoms with Crippen molar-refractivity contribution in [3.8, 4) is 27.9 Å². The average Bonchev–Trinajstić information content (AvgIpc) is 3.24. The Morgan fingerprint density at radius 2 is 1.67 bits per heavy atom. The monoisotopic (exact) mass is 475 g/mol. The van der Waals surface area contributed by atoms with Gasteiger partial charge in [0.25, 0.3) is 5.56 Å². The molecule has 0 amide bonds. The van der Waals surface area contributed by atoms with E-state index in [9.17, 15) is 17.9 Å². The summed E-state index contributed by atoms with van der Waals surface area (Å²) in [6.45, 7) is 0. The molecule has 0 bridgehead atoms. The Kier molecular flexibility index (Phi) is 5.72. The molecule has 0 spiro atoms. The number of nitrogens with zero attached hydrogens (tertiary/aromatic N) is 2. The minimum absolute atomic E-state index is 0.0871. The zero-order valence-corrected chi connectivity index (χ0v) is 18.7. The van der Waals surface area contributed by atoms with Gasteiger partial charge in [-0.15, -0.1) is 11.3 Å². The molecule has 0 aliphatic rings. The fourth-order valence-corrected chi connectivity index (χ4v) is 5.17. The SMILES string of the molecule is O=c1c(-c2ccc(F)cc2)c(-c2ccc(CS(=O)[O-])cc2)cnn1-c1csc2ccccc12. The Balaban J connectivity index is 1.71. The fraction of sp³-hybridized carbons (Fsp3) is 0.0400. The van der Waals surface area contributed by atoms with E-state index in [4.69, 9.17) is 0 Å². The summed E-state index contributed by atoms with van der Waals surface area (Å²) in [5, 5.41) is 7.27. The lowest BCUT2D eigenvalue weighted by Crippen LogP contribution is -2.23. The first-order valence-electron chi connectivity index (χ1n) is 10.0. The van der Waals surface area contributed by atoms with E-state index in [2.05, 4.69) is 5.10 Å². The van der Waals surface area contributed by atoms with Gasteiger partial charge >= 0.3 is 0 Å². The molecule has 0 aliphatic carbocycles. The Morgan fingerprint density at radius 3 is 2.39 bits per heavy atom. The molecule has 0 saturated heterocycles. The number of rotatable bonds is 5. The van der Waals surface area contributed by atoms with Gasteiger partial charge in [-0.1, -0.05) is 65.7 Å². The predicted molar refractivity (Wildman–Crippen MR) is 129 cm³/mol. The quantitative estimate of drug-likeness (QED) is 0.323. The van der Waals surface area contributed by atoms with Gasteiger partial charge in [-0.3, -0.25) is 9.00 Å². The lowest BCUT2D eigenvalue weighted by atomic mass is 9.96. The maximum Gasteiger partial charge on any atom is 0.280 e. The van der Waals surface area contributed by atoms with Gasteiger partial charge in [-0.25, -0.2) is 4.39 Å². The predicted octanol–water partition coefficient (Wildman–Crippen LogP) is 5.30. The van der Waals surface area contributed by atoms with E-state index < -0.39 is 16.9 Å². The number of fused-ring (bicyclic) bond motifs is 1. The molecule has 2 aromatic heterocycles. The molecule has 0 radical (unpaired) electrons. The third kappa shape index (κ3) is 4.16. The first kappa shape index (κ1) is 21.4. The summed E-state index contributed by atoms with van der Waals surface area (Å²) >= 11 is -0.662. The molecular weight excluding hydrogens is 459 g/mol. The second-order valence-electron chi connectivity index (χ2n) is 7.42. The molecule has 1 atom stereocenters. The first-order valence-corrected chi connectivity index (χ1v) is 12.1. The molecule has 2 heterocycles. The van der Waals surface area contributed by atoms with Crippen molar-refractivity contribution in [3.05, 3.63) is 106 Å². The molecule has 0 saturated carbocycles. The molecule has 1 unspecified atom stereocenters. The lowest BCUT2D eigenvalue weighted by Gasteiger charge is -2.13. The van der Waals surface area contributed by atoms with E-state index in [1.165, 1.54) is 28.2 Å². The van der Waals surface area contributed by atoms with Crippen LogP contribution in [0.15, 0.2) is 89.2 Å². The van der Waals surface area contributed by atoms with E-state index in [1.807, 2.05) is 29.6 Å². The highest BCUT2D eigenvalue weighted by atomic mass is 32.2. The van der Waals surface area contributed by atoms with Crippen molar-refractivity contribution < 1.29 is 13.2 Å². The van der Waals surface area contributed by atoms with Crippen molar-refractivity contribution in [1.82, 2.24) is 9.78 Å². The zero-order valence-electron chi connectivity index (χ0n) is 17.1. The summed E-state index contributed by atoms with van der Waals surface area (Å²) in [6.07, 6.45) is 1.62. The Morgan fingerprint density at radius 1 is 0.970 bits per heavy atom. The van der Waals surface area contributed by atoms with Crippen molar-refractivity contribution in [2.45, 2.75) is 5.75 Å². The average molecular weight is 476 g/mol. The molecule has 0 fully saturated rings. The van der Waals surface area contributed by atoms with Gasteiger partial charge in [-0.2, -0.15) is 9.78 Å². The van der Waals surface area contributed by atoms with Crippen LogP contribution in [-0.2, 0) is 16.8 Å². The minimum Gasteiger partial charge on any atom is -0.772 e. The molecule has 8 heteroatoms. The van der Waals surface area contributed by atoms with Gasteiger partial charge in [0.05, 0.1) is 17.4 Å². The maximum absolute atomic E-state index is 13.7. The van der Waals surface area contributed by atoms with Crippen LogP contribution in [0.3, 0.4) is 0 Å². The molecule has 5 nitrogen and oxygen atoms in total. The van der Waals surface area contributed by atoms with E-state index >= 15 is 0 Å². The van der Waals surface area contributed by atoms with E-state index in [0.717, 1.165) is 10.1 Å². The second-order valence-corrected chi connectivity index (χ2v) is 9.23. The largest absolute Gasteiger partial charge is 0.772 e. The van der Waals surface area contributed by atoms with E-state index in [0.29, 0.717) is 33.5 Å². The Labute approximate surface area is 195 Å². The van der Waals surface area contributed by atoms with Gasteiger partial charge in [0, 0.05) is 26.8 Å². The summed E-state index contributed by atoms with van der Waals surface area (Å²) < 4.78 is 38.0. The molecule has 3 aromatic carbocycles. The Hall–Kier alpha value is -3.46. The highest BCUT2D eigenvalue weighted by molar-refractivity contribution is 7.78. The highest BCUT2D eigenvalue weighted by Gasteiger charge is 2.18. The highest BCUT2D eigenvalue weighted by Crippen LogP contribution is 2.32. The van der Waals surface area contributed by atoms with Crippen LogP contribution in [0.4, 0.5) is 4.39 Å². The summed E-state index contributed by atoms with van der Waals surface area (Å²) in [5.41, 5.74) is 3.24. The second kappa shape index (κ2) is 8.82. The molecule has 0 aliphatic heterocycles. The summed E-state index contributed by atoms with van der Waals surface area (Å²) in [6, 6.07) is 20.5. The number of thiophene rings is 1. The van der Waals surface area contributed by atoms with E-state index in [-0.39, 0.29) is 11.3 Å². The third-order valence-corrected chi connectivity index (χ3v) is 6.87. The van der Waals surface area contributed by atoms with Crippen LogP contribution in [0.2, 0.25) is 0 Å². The smallest absolute Gasteiger partial charge is 0.280 e. The van der Waals surface area contributed by atoms with Crippen molar-refractivity contribution in [3.63, 3.8) is 0 Å². The van der Waals surface area contributed by atoms with Gasteiger partial charge in [0.1, 0.15) is 5.82 Å². The number of benzene rings is 3. The topological polar surface area (TPSA) is 75.0 Å².